The fourth-order valence-electron chi connectivity index (χ4n) is 7.09. The predicted octanol–water partition coefficient (Wildman–Crippen LogP) is 8.33. The lowest BCUT2D eigenvalue weighted by Crippen LogP contribution is -2.56. The van der Waals surface area contributed by atoms with Gasteiger partial charge in [-0.2, -0.15) is 0 Å². The molecule has 5 heteroatoms. The first-order valence-corrected chi connectivity index (χ1v) is 16.2. The number of pyridine rings is 1. The molecular weight excluding hydrogens is 583 g/mol. The predicted molar refractivity (Wildman–Crippen MR) is 199 cm³/mol. The Balaban J connectivity index is 1.20. The van der Waals surface area contributed by atoms with Crippen LogP contribution in [0.25, 0.3) is 44.3 Å². The summed E-state index contributed by atoms with van der Waals surface area (Å²) in [6, 6.07) is 55.3. The van der Waals surface area contributed by atoms with Gasteiger partial charge < -0.3 is 0 Å². The molecule has 0 spiro atoms. The zero-order valence-electron chi connectivity index (χ0n) is 26.1. The van der Waals surface area contributed by atoms with E-state index in [2.05, 4.69) is 126 Å². The van der Waals surface area contributed by atoms with Crippen molar-refractivity contribution in [2.24, 2.45) is 0 Å². The molecule has 8 aromatic rings. The highest BCUT2D eigenvalue weighted by Crippen LogP contribution is 2.35. The van der Waals surface area contributed by atoms with Crippen LogP contribution in [0.1, 0.15) is 0 Å². The maximum atomic E-state index is 5.16. The Morgan fingerprint density at radius 3 is 1.79 bits per heavy atom. The molecule has 2 aromatic heterocycles. The molecule has 224 valence electrons. The SMILES string of the molecule is c1ccc(-c2cccc(-c3cc4c5c(ccnc5c3)-c3ccccc3B4c3cnc(N(c4ccccc4)c4ccccc4)cn3)c2)cc1. The van der Waals surface area contributed by atoms with E-state index in [0.29, 0.717) is 0 Å². The number of anilines is 3. The smallest absolute Gasteiger partial charge is 0.268 e. The largest absolute Gasteiger partial charge is 0.294 e. The fourth-order valence-corrected chi connectivity index (χ4v) is 7.09. The minimum Gasteiger partial charge on any atom is -0.294 e. The maximum absolute atomic E-state index is 5.16. The quantitative estimate of drug-likeness (QED) is 0.177. The van der Waals surface area contributed by atoms with Gasteiger partial charge in [0.2, 0.25) is 0 Å². The Morgan fingerprint density at radius 1 is 0.438 bits per heavy atom. The van der Waals surface area contributed by atoms with Crippen molar-refractivity contribution < 1.29 is 0 Å². The van der Waals surface area contributed by atoms with Crippen LogP contribution in [0.5, 0.6) is 0 Å². The summed E-state index contributed by atoms with van der Waals surface area (Å²) in [6.45, 7) is -0.110. The van der Waals surface area contributed by atoms with Gasteiger partial charge in [0.15, 0.2) is 5.82 Å². The van der Waals surface area contributed by atoms with E-state index in [9.17, 15) is 0 Å². The topological polar surface area (TPSA) is 41.9 Å². The lowest BCUT2D eigenvalue weighted by atomic mass is 9.35. The van der Waals surface area contributed by atoms with Crippen molar-refractivity contribution in [1.29, 1.82) is 0 Å². The Kier molecular flexibility index (Phi) is 6.87. The lowest BCUT2D eigenvalue weighted by molar-refractivity contribution is 1.14. The third-order valence-corrected chi connectivity index (χ3v) is 9.26. The van der Waals surface area contributed by atoms with Gasteiger partial charge in [-0.05, 0) is 75.8 Å². The first-order chi connectivity index (χ1) is 23.8. The van der Waals surface area contributed by atoms with Crippen LogP contribution in [0.4, 0.5) is 17.2 Å². The van der Waals surface area contributed by atoms with Gasteiger partial charge >= 0.3 is 0 Å². The molecule has 0 aliphatic carbocycles. The van der Waals surface area contributed by atoms with Gasteiger partial charge in [-0.3, -0.25) is 14.9 Å². The summed E-state index contributed by atoms with van der Waals surface area (Å²) in [5, 5.41) is 1.17. The van der Waals surface area contributed by atoms with Crippen LogP contribution < -0.4 is 21.4 Å². The number of rotatable bonds is 6. The summed E-state index contributed by atoms with van der Waals surface area (Å²) in [4.78, 5) is 17.3. The molecule has 1 aliphatic heterocycles. The highest BCUT2D eigenvalue weighted by Gasteiger charge is 2.34. The van der Waals surface area contributed by atoms with Crippen molar-refractivity contribution in [2.75, 3.05) is 4.90 Å². The van der Waals surface area contributed by atoms with E-state index < -0.39 is 0 Å². The zero-order valence-corrected chi connectivity index (χ0v) is 26.1. The summed E-state index contributed by atoms with van der Waals surface area (Å²) in [6.07, 6.45) is 5.78. The molecule has 9 rings (SSSR count). The van der Waals surface area contributed by atoms with Crippen molar-refractivity contribution in [3.8, 4) is 33.4 Å². The van der Waals surface area contributed by atoms with E-state index in [1.54, 1.807) is 0 Å². The molecule has 0 amide bonds. The van der Waals surface area contributed by atoms with Gasteiger partial charge in [0.1, 0.15) is 0 Å². The average Bonchev–Trinajstić information content (AvgIpc) is 3.17. The number of fused-ring (bicyclic) bond motifs is 2. The average molecular weight is 613 g/mol. The van der Waals surface area contributed by atoms with Crippen molar-refractivity contribution in [3.63, 3.8) is 0 Å². The number of hydrogen-bond acceptors (Lipinski definition) is 4. The van der Waals surface area contributed by atoms with Crippen LogP contribution in [0, 0.1) is 0 Å². The number of benzene rings is 6. The van der Waals surface area contributed by atoms with Gasteiger partial charge in [-0.15, -0.1) is 0 Å². The van der Waals surface area contributed by atoms with E-state index in [1.165, 1.54) is 38.6 Å². The fraction of sp³-hybridized carbons (Fsp3) is 0. The van der Waals surface area contributed by atoms with Gasteiger partial charge in [0.05, 0.1) is 11.7 Å². The van der Waals surface area contributed by atoms with Crippen molar-refractivity contribution >= 4 is 51.3 Å². The Morgan fingerprint density at radius 2 is 1.08 bits per heavy atom. The maximum Gasteiger partial charge on any atom is 0.268 e. The lowest BCUT2D eigenvalue weighted by Gasteiger charge is -2.27. The van der Waals surface area contributed by atoms with Crippen LogP contribution in [-0.2, 0) is 0 Å². The highest BCUT2D eigenvalue weighted by atomic mass is 15.2. The number of aromatic nitrogens is 3. The van der Waals surface area contributed by atoms with Crippen LogP contribution in [-0.4, -0.2) is 21.7 Å². The first-order valence-electron chi connectivity index (χ1n) is 16.2. The van der Waals surface area contributed by atoms with Crippen LogP contribution >= 0.6 is 0 Å². The monoisotopic (exact) mass is 612 g/mol. The Bertz CT molecular complexity index is 2360. The van der Waals surface area contributed by atoms with E-state index in [-0.39, 0.29) is 6.71 Å². The molecular formula is C43H29BN4. The highest BCUT2D eigenvalue weighted by molar-refractivity contribution is 6.98. The molecule has 6 aromatic carbocycles. The first kappa shape index (κ1) is 27.9. The summed E-state index contributed by atoms with van der Waals surface area (Å²) in [5.74, 6) is 0.763. The van der Waals surface area contributed by atoms with Gasteiger partial charge in [0, 0.05) is 34.7 Å². The minimum atomic E-state index is -0.110. The van der Waals surface area contributed by atoms with Crippen molar-refractivity contribution in [3.05, 3.63) is 176 Å². The third kappa shape index (κ3) is 4.84. The van der Waals surface area contributed by atoms with Gasteiger partial charge in [0.25, 0.3) is 6.71 Å². The summed E-state index contributed by atoms with van der Waals surface area (Å²) < 4.78 is 0. The molecule has 0 bridgehead atoms. The van der Waals surface area contributed by atoms with E-state index in [0.717, 1.165) is 39.4 Å². The molecule has 48 heavy (non-hydrogen) atoms. The summed E-state index contributed by atoms with van der Waals surface area (Å²) in [7, 11) is 0. The molecule has 3 heterocycles. The second kappa shape index (κ2) is 11.8. The van der Waals surface area contributed by atoms with Crippen LogP contribution in [0.15, 0.2) is 176 Å². The second-order valence-electron chi connectivity index (χ2n) is 12.1. The van der Waals surface area contributed by atoms with Crippen LogP contribution in [0.2, 0.25) is 0 Å². The molecule has 0 N–H and O–H groups in total. The van der Waals surface area contributed by atoms with E-state index in [4.69, 9.17) is 15.0 Å². The molecule has 4 nitrogen and oxygen atoms in total. The number of hydrogen-bond donors (Lipinski definition) is 0. The molecule has 0 radical (unpaired) electrons. The normalized spacial score (nSPS) is 11.7. The Hall–Kier alpha value is -6.33. The Labute approximate surface area is 280 Å². The van der Waals surface area contributed by atoms with E-state index >= 15 is 0 Å². The van der Waals surface area contributed by atoms with Crippen molar-refractivity contribution in [2.45, 2.75) is 0 Å². The zero-order chi connectivity index (χ0) is 31.9. The molecule has 1 aliphatic rings. The molecule has 0 atom stereocenters. The second-order valence-corrected chi connectivity index (χ2v) is 12.1. The number of para-hydroxylation sites is 2. The van der Waals surface area contributed by atoms with Gasteiger partial charge in [-0.1, -0.05) is 126 Å². The molecule has 0 fully saturated rings. The third-order valence-electron chi connectivity index (χ3n) is 9.26. The standard InChI is InChI=1S/C43H29BN4/c1-4-13-30(14-5-1)31-15-12-16-32(25-31)33-26-39-43-37(23-24-45-40(43)27-33)36-21-10-11-22-38(36)44(39)41-28-47-42(29-46-41)48(34-17-6-2-7-18-34)35-19-8-3-9-20-35/h1-29H. The summed E-state index contributed by atoms with van der Waals surface area (Å²) >= 11 is 0. The number of nitrogens with zero attached hydrogens (tertiary/aromatic N) is 4. The van der Waals surface area contributed by atoms with Crippen molar-refractivity contribution in [1.82, 2.24) is 15.0 Å². The van der Waals surface area contributed by atoms with Crippen LogP contribution in [0.3, 0.4) is 0 Å². The van der Waals surface area contributed by atoms with Gasteiger partial charge in [-0.25, -0.2) is 4.98 Å². The van der Waals surface area contributed by atoms with E-state index in [1.807, 2.05) is 55.0 Å². The minimum absolute atomic E-state index is 0.110. The molecule has 0 saturated heterocycles. The molecule has 0 unspecified atom stereocenters. The molecule has 0 saturated carbocycles. The summed E-state index contributed by atoms with van der Waals surface area (Å²) in [5.41, 5.74) is 13.4.